The number of methoxy groups -OCH3 is 1. The molecule has 4 N–H and O–H groups in total. The van der Waals surface area contributed by atoms with E-state index in [4.69, 9.17) is 4.74 Å². The zero-order valence-electron chi connectivity index (χ0n) is 15.2. The summed E-state index contributed by atoms with van der Waals surface area (Å²) in [6.45, 7) is 1.71. The van der Waals surface area contributed by atoms with E-state index in [1.807, 2.05) is 6.92 Å². The van der Waals surface area contributed by atoms with Crippen molar-refractivity contribution in [2.75, 3.05) is 31.0 Å². The van der Waals surface area contributed by atoms with E-state index < -0.39 is 11.6 Å². The lowest BCUT2D eigenvalue weighted by Gasteiger charge is -2.29. The van der Waals surface area contributed by atoms with Crippen LogP contribution in [0.5, 0.6) is 11.6 Å². The van der Waals surface area contributed by atoms with Gasteiger partial charge in [-0.15, -0.1) is 0 Å². The summed E-state index contributed by atoms with van der Waals surface area (Å²) in [6, 6.07) is 6.10. The van der Waals surface area contributed by atoms with E-state index in [1.54, 1.807) is 12.1 Å². The minimum Gasteiger partial charge on any atom is -0.506 e. The number of hydrazine groups is 2. The normalized spacial score (nSPS) is 10.7. The van der Waals surface area contributed by atoms with Crippen molar-refractivity contribution in [3.8, 4) is 11.6 Å². The highest BCUT2D eigenvalue weighted by Gasteiger charge is 2.21. The van der Waals surface area contributed by atoms with Crippen LogP contribution in [0.4, 0.5) is 15.9 Å². The molecule has 2 aromatic rings. The van der Waals surface area contributed by atoms with E-state index in [-0.39, 0.29) is 18.8 Å². The number of benzene rings is 1. The molecular formula is C17H22FN5O4. The fourth-order valence-electron chi connectivity index (χ4n) is 2.47. The second-order valence-corrected chi connectivity index (χ2v) is 5.63. The van der Waals surface area contributed by atoms with Gasteiger partial charge in [0.05, 0.1) is 13.7 Å². The maximum atomic E-state index is 14.5. The molecule has 0 fully saturated rings. The number of hydrogen-bond donors (Lipinski definition) is 4. The molecule has 2 rings (SSSR count). The van der Waals surface area contributed by atoms with Crippen molar-refractivity contribution in [1.82, 2.24) is 15.7 Å². The molecular weight excluding hydrogens is 357 g/mol. The summed E-state index contributed by atoms with van der Waals surface area (Å²) in [6.07, 6.45) is 0.464. The van der Waals surface area contributed by atoms with Crippen molar-refractivity contribution >= 4 is 17.8 Å². The smallest absolute Gasteiger partial charge is 0.215 e. The maximum Gasteiger partial charge on any atom is 0.215 e. The summed E-state index contributed by atoms with van der Waals surface area (Å²) >= 11 is 0. The lowest BCUT2D eigenvalue weighted by atomic mass is 10.1. The monoisotopic (exact) mass is 379 g/mol. The largest absolute Gasteiger partial charge is 0.506 e. The van der Waals surface area contributed by atoms with Gasteiger partial charge >= 0.3 is 0 Å². The predicted molar refractivity (Wildman–Crippen MR) is 97.0 cm³/mol. The highest BCUT2D eigenvalue weighted by molar-refractivity contribution is 5.66. The summed E-state index contributed by atoms with van der Waals surface area (Å²) in [7, 11) is 2.88. The SMILES string of the molecule is CNN(O)N(CC=O)c1c(O)cc(CNc2cc(C)cc(OC)n2)cc1F. The predicted octanol–water partition coefficient (Wildman–Crippen LogP) is 1.60. The summed E-state index contributed by atoms with van der Waals surface area (Å²) in [5.74, 6) is -0.257. The van der Waals surface area contributed by atoms with Gasteiger partial charge in [0.15, 0.2) is 5.82 Å². The van der Waals surface area contributed by atoms with E-state index in [0.717, 1.165) is 10.6 Å². The molecule has 0 aliphatic carbocycles. The number of nitrogens with one attached hydrogen (secondary N) is 2. The zero-order valence-corrected chi connectivity index (χ0v) is 15.2. The number of ether oxygens (including phenoxy) is 1. The molecule has 0 radical (unpaired) electrons. The van der Waals surface area contributed by atoms with Gasteiger partial charge in [0.25, 0.3) is 0 Å². The van der Waals surface area contributed by atoms with Gasteiger partial charge in [-0.3, -0.25) is 10.2 Å². The minimum atomic E-state index is -0.808. The molecule has 0 atom stereocenters. The molecule has 0 aliphatic heterocycles. The first-order valence-corrected chi connectivity index (χ1v) is 8.05. The maximum absolute atomic E-state index is 14.5. The van der Waals surface area contributed by atoms with Gasteiger partial charge in [0.1, 0.15) is 23.5 Å². The summed E-state index contributed by atoms with van der Waals surface area (Å²) in [5.41, 5.74) is 3.37. The average Bonchev–Trinajstić information content (AvgIpc) is 2.64. The molecule has 0 unspecified atom stereocenters. The molecule has 1 aromatic heterocycles. The first-order valence-electron chi connectivity index (χ1n) is 8.05. The summed E-state index contributed by atoms with van der Waals surface area (Å²) in [4.78, 5) is 15.0. The summed E-state index contributed by atoms with van der Waals surface area (Å²) in [5, 5.41) is 24.2. The molecule has 0 amide bonds. The zero-order chi connectivity index (χ0) is 20.0. The number of pyridine rings is 1. The molecule has 9 nitrogen and oxygen atoms in total. The van der Waals surface area contributed by atoms with Crippen molar-refractivity contribution in [1.29, 1.82) is 0 Å². The Bertz CT molecular complexity index is 782. The van der Waals surface area contributed by atoms with Gasteiger partial charge in [0, 0.05) is 19.7 Å². The van der Waals surface area contributed by atoms with Crippen LogP contribution in [0.25, 0.3) is 0 Å². The number of aryl methyl sites for hydroxylation is 1. The number of rotatable bonds is 9. The number of anilines is 2. The molecule has 0 saturated carbocycles. The van der Waals surface area contributed by atoms with Crippen molar-refractivity contribution in [3.05, 3.63) is 41.2 Å². The number of aldehydes is 1. The molecule has 0 spiro atoms. The van der Waals surface area contributed by atoms with E-state index in [0.29, 0.717) is 28.8 Å². The van der Waals surface area contributed by atoms with Gasteiger partial charge in [-0.1, -0.05) is 0 Å². The third kappa shape index (κ3) is 5.03. The number of carbonyl (C=O) groups excluding carboxylic acids is 1. The van der Waals surface area contributed by atoms with Crippen molar-refractivity contribution < 1.29 is 24.2 Å². The van der Waals surface area contributed by atoms with Gasteiger partial charge in [-0.25, -0.2) is 9.82 Å². The number of hydrogen-bond acceptors (Lipinski definition) is 9. The fourth-order valence-corrected chi connectivity index (χ4v) is 2.47. The number of nitrogens with zero attached hydrogens (tertiary/aromatic N) is 3. The van der Waals surface area contributed by atoms with E-state index in [1.165, 1.54) is 26.3 Å². The number of aromatic nitrogens is 1. The van der Waals surface area contributed by atoms with E-state index in [9.17, 15) is 19.5 Å². The van der Waals surface area contributed by atoms with Crippen LogP contribution >= 0.6 is 0 Å². The highest BCUT2D eigenvalue weighted by atomic mass is 19.1. The van der Waals surface area contributed by atoms with Crippen molar-refractivity contribution in [3.63, 3.8) is 0 Å². The van der Waals surface area contributed by atoms with Gasteiger partial charge in [0.2, 0.25) is 5.88 Å². The van der Waals surface area contributed by atoms with Crippen LogP contribution in [0.15, 0.2) is 24.3 Å². The molecule has 0 saturated heterocycles. The van der Waals surface area contributed by atoms with Crippen molar-refractivity contribution in [2.45, 2.75) is 13.5 Å². The highest BCUT2D eigenvalue weighted by Crippen LogP contribution is 2.32. The Morgan fingerprint density at radius 2 is 2.07 bits per heavy atom. The van der Waals surface area contributed by atoms with Gasteiger partial charge in [-0.2, -0.15) is 4.98 Å². The molecule has 0 aliphatic rings. The molecule has 10 heteroatoms. The number of halogens is 1. The van der Waals surface area contributed by atoms with Crippen LogP contribution < -0.4 is 20.5 Å². The lowest BCUT2D eigenvalue weighted by molar-refractivity contribution is -0.144. The molecule has 27 heavy (non-hydrogen) atoms. The van der Waals surface area contributed by atoms with E-state index in [2.05, 4.69) is 15.7 Å². The molecule has 146 valence electrons. The Morgan fingerprint density at radius 3 is 2.67 bits per heavy atom. The number of phenolic OH excluding ortho intramolecular Hbond substituents is 1. The van der Waals surface area contributed by atoms with Crippen LogP contribution in [0.3, 0.4) is 0 Å². The van der Waals surface area contributed by atoms with Crippen LogP contribution in [0, 0.1) is 12.7 Å². The third-order valence-corrected chi connectivity index (χ3v) is 3.67. The van der Waals surface area contributed by atoms with Crippen LogP contribution in [-0.4, -0.2) is 47.6 Å². The lowest BCUT2D eigenvalue weighted by Crippen LogP contribution is -2.48. The second kappa shape index (κ2) is 9.12. The van der Waals surface area contributed by atoms with Gasteiger partial charge in [-0.05, 0) is 41.5 Å². The Balaban J connectivity index is 2.23. The average molecular weight is 379 g/mol. The first kappa shape index (κ1) is 20.4. The number of carbonyl (C=O) groups is 1. The van der Waals surface area contributed by atoms with Crippen LogP contribution in [-0.2, 0) is 11.3 Å². The Morgan fingerprint density at radius 1 is 1.33 bits per heavy atom. The molecule has 0 bridgehead atoms. The van der Waals surface area contributed by atoms with Gasteiger partial charge < -0.3 is 20.0 Å². The summed E-state index contributed by atoms with van der Waals surface area (Å²) < 4.78 is 19.6. The first-order chi connectivity index (χ1) is 12.9. The Kier molecular flexibility index (Phi) is 6.88. The molecule has 1 heterocycles. The quantitative estimate of drug-likeness (QED) is 0.381. The Hall–Kier alpha value is -2.95. The van der Waals surface area contributed by atoms with Crippen molar-refractivity contribution in [2.24, 2.45) is 0 Å². The number of aromatic hydroxyl groups is 1. The van der Waals surface area contributed by atoms with Crippen LogP contribution in [0.2, 0.25) is 0 Å². The Labute approximate surface area is 155 Å². The number of phenols is 1. The van der Waals surface area contributed by atoms with E-state index >= 15 is 0 Å². The fraction of sp³-hybridized carbons (Fsp3) is 0.294. The van der Waals surface area contributed by atoms with Crippen LogP contribution in [0.1, 0.15) is 11.1 Å². The molecule has 1 aromatic carbocycles. The third-order valence-electron chi connectivity index (χ3n) is 3.67. The minimum absolute atomic E-state index is 0.187. The standard InChI is InChI=1S/C17H22FN5O4/c1-11-6-15(21-16(7-11)27-3)20-10-12-8-13(18)17(14(25)9-12)22(4-5-24)23(26)19-2/h5-9,19,25-26H,4,10H2,1-3H3,(H,20,21). The second-order valence-electron chi connectivity index (χ2n) is 5.63. The topological polar surface area (TPSA) is 110 Å².